The zero-order valence-electron chi connectivity index (χ0n) is 36.5. The summed E-state index contributed by atoms with van der Waals surface area (Å²) in [4.78, 5) is 25.3. The summed E-state index contributed by atoms with van der Waals surface area (Å²) in [6.45, 7) is 3.63. The quantitative estimate of drug-likeness (QED) is 0.0203. The Bertz CT molecular complexity index is 1390. The third-order valence-electron chi connectivity index (χ3n) is 9.77. The molecule has 344 valence electrons. The molecule has 0 aromatic heterocycles. The number of esters is 2. The molecule has 1 aliphatic heterocycles. The fraction of sp³-hybridized carbons (Fsp3) is 0.702. The highest BCUT2D eigenvalue weighted by Crippen LogP contribution is 2.24. The number of aliphatic hydroxyl groups is 3. The van der Waals surface area contributed by atoms with Crippen molar-refractivity contribution >= 4 is 22.1 Å². The largest absolute Gasteiger partial charge is 0.462 e. The van der Waals surface area contributed by atoms with Gasteiger partial charge in [-0.05, 0) is 77.0 Å². The van der Waals surface area contributed by atoms with Crippen molar-refractivity contribution in [1.82, 2.24) is 0 Å². The number of rotatable bonds is 36. The summed E-state index contributed by atoms with van der Waals surface area (Å²) in [5.41, 5.74) is 0. The first-order chi connectivity index (χ1) is 29.0. The van der Waals surface area contributed by atoms with E-state index in [1.165, 1.54) is 57.8 Å². The van der Waals surface area contributed by atoms with Gasteiger partial charge in [-0.25, -0.2) is 0 Å². The first kappa shape index (κ1) is 55.1. The van der Waals surface area contributed by atoms with E-state index in [0.717, 1.165) is 51.4 Å². The molecule has 0 saturated carbocycles. The van der Waals surface area contributed by atoms with E-state index >= 15 is 0 Å². The predicted octanol–water partition coefficient (Wildman–Crippen LogP) is 9.11. The van der Waals surface area contributed by atoms with E-state index in [-0.39, 0.29) is 19.4 Å². The third-order valence-corrected chi connectivity index (χ3v) is 10.5. The van der Waals surface area contributed by atoms with Crippen LogP contribution in [-0.4, -0.2) is 96.0 Å². The Hall–Kier alpha value is -2.91. The minimum absolute atomic E-state index is 0.0346. The highest BCUT2D eigenvalue weighted by atomic mass is 32.2. The molecule has 2 unspecified atom stereocenters. The van der Waals surface area contributed by atoms with Gasteiger partial charge >= 0.3 is 11.9 Å². The van der Waals surface area contributed by atoms with Crippen molar-refractivity contribution in [3.05, 3.63) is 72.9 Å². The first-order valence-corrected chi connectivity index (χ1v) is 24.1. The number of hydrogen-bond acceptors (Lipinski definition) is 11. The summed E-state index contributed by atoms with van der Waals surface area (Å²) in [5, 5.41) is 30.8. The molecule has 0 spiro atoms. The van der Waals surface area contributed by atoms with Gasteiger partial charge in [0.25, 0.3) is 10.1 Å². The summed E-state index contributed by atoms with van der Waals surface area (Å²) in [5.74, 6) is -2.12. The van der Waals surface area contributed by atoms with Crippen LogP contribution in [-0.2, 0) is 38.7 Å². The fourth-order valence-corrected chi connectivity index (χ4v) is 6.93. The van der Waals surface area contributed by atoms with Gasteiger partial charge in [0.2, 0.25) is 0 Å². The second-order valence-corrected chi connectivity index (χ2v) is 16.9. The zero-order chi connectivity index (χ0) is 44.1. The number of aliphatic hydroxyl groups excluding tert-OH is 3. The Morgan fingerprint density at radius 2 is 1.03 bits per heavy atom. The fourth-order valence-electron chi connectivity index (χ4n) is 6.24. The average molecular weight is 867 g/mol. The molecular formula is C47H78O12S. The van der Waals surface area contributed by atoms with Crippen molar-refractivity contribution in [2.45, 2.75) is 192 Å². The minimum atomic E-state index is -4.62. The second kappa shape index (κ2) is 36.7. The average Bonchev–Trinajstić information content (AvgIpc) is 3.21. The molecule has 0 aliphatic carbocycles. The number of hydrogen-bond donors (Lipinski definition) is 4. The molecule has 0 amide bonds. The van der Waals surface area contributed by atoms with Crippen LogP contribution in [0.2, 0.25) is 0 Å². The topological polar surface area (TPSA) is 186 Å². The molecule has 13 heteroatoms. The van der Waals surface area contributed by atoms with E-state index in [0.29, 0.717) is 19.3 Å². The van der Waals surface area contributed by atoms with E-state index in [1.807, 2.05) is 18.2 Å². The van der Waals surface area contributed by atoms with Gasteiger partial charge in [-0.1, -0.05) is 138 Å². The highest BCUT2D eigenvalue weighted by Gasteiger charge is 2.46. The molecule has 12 nitrogen and oxygen atoms in total. The maximum atomic E-state index is 12.8. The lowest BCUT2D eigenvalue weighted by molar-refractivity contribution is -0.297. The predicted molar refractivity (Wildman–Crippen MR) is 238 cm³/mol. The van der Waals surface area contributed by atoms with Gasteiger partial charge in [-0.2, -0.15) is 8.42 Å². The lowest BCUT2D eigenvalue weighted by Gasteiger charge is -2.40. The number of carbonyl (C=O) groups excluding carboxylic acids is 2. The van der Waals surface area contributed by atoms with Gasteiger partial charge in [0.05, 0.1) is 6.61 Å². The van der Waals surface area contributed by atoms with Crippen LogP contribution in [0.5, 0.6) is 0 Å². The molecule has 60 heavy (non-hydrogen) atoms. The molecule has 0 aromatic rings. The van der Waals surface area contributed by atoms with Gasteiger partial charge in [0.15, 0.2) is 12.4 Å². The summed E-state index contributed by atoms with van der Waals surface area (Å²) in [6.07, 6.45) is 36.8. The number of unbranched alkanes of at least 4 members (excludes halogenated alkanes) is 12. The Kier molecular flexibility index (Phi) is 33.7. The lowest BCUT2D eigenvalue weighted by atomic mass is 10.00. The molecule has 6 atom stereocenters. The van der Waals surface area contributed by atoms with Gasteiger partial charge < -0.3 is 34.3 Å². The molecule has 1 aliphatic rings. The van der Waals surface area contributed by atoms with Crippen LogP contribution in [0.4, 0.5) is 0 Å². The van der Waals surface area contributed by atoms with Crippen LogP contribution in [0.25, 0.3) is 0 Å². The van der Waals surface area contributed by atoms with Gasteiger partial charge in [-0.15, -0.1) is 0 Å². The minimum Gasteiger partial charge on any atom is -0.462 e. The normalized spacial score (nSPS) is 20.8. The van der Waals surface area contributed by atoms with Crippen LogP contribution < -0.4 is 0 Å². The molecule has 1 fully saturated rings. The number of allylic oxidation sites excluding steroid dienone is 12. The maximum Gasteiger partial charge on any atom is 0.306 e. The smallest absolute Gasteiger partial charge is 0.306 e. The van der Waals surface area contributed by atoms with Crippen LogP contribution in [0.1, 0.15) is 155 Å². The Labute approximate surface area is 361 Å². The van der Waals surface area contributed by atoms with Crippen molar-refractivity contribution in [3.63, 3.8) is 0 Å². The third kappa shape index (κ3) is 31.0. The molecule has 0 aromatic carbocycles. The number of ether oxygens (including phenoxy) is 4. The van der Waals surface area contributed by atoms with Crippen molar-refractivity contribution in [2.75, 3.05) is 19.0 Å². The monoisotopic (exact) mass is 867 g/mol. The van der Waals surface area contributed by atoms with E-state index in [2.05, 4.69) is 68.5 Å². The van der Waals surface area contributed by atoms with E-state index in [4.69, 9.17) is 18.9 Å². The van der Waals surface area contributed by atoms with E-state index in [1.54, 1.807) is 0 Å². The second-order valence-electron chi connectivity index (χ2n) is 15.4. The molecule has 0 radical (unpaired) electrons. The Morgan fingerprint density at radius 1 is 0.567 bits per heavy atom. The van der Waals surface area contributed by atoms with Crippen molar-refractivity contribution in [2.24, 2.45) is 0 Å². The standard InChI is InChI=1S/C47H78O12S/c1-3-5-7-9-11-13-15-17-18-19-20-21-22-24-26-28-30-32-34-36-43(49)58-40(38-57-47-46(52)45(51)44(50)41(59-47)39-60(53,54)55)37-56-42(48)35-33-31-29-27-25-23-16-14-12-10-8-6-4-2/h11,13,17-18,20-21,23-26,30,32,40-41,44-47,50-52H,3-10,12,14-16,19,22,27-29,31,33-39H2,1-2H3,(H,53,54,55)/b13-11+,18-17+,21-20+,25-23+,26-24+,32-30+/t40-,41-,44-,45?,46?,47+/m1/s1. The summed E-state index contributed by atoms with van der Waals surface area (Å²) >= 11 is 0. The Morgan fingerprint density at radius 3 is 1.60 bits per heavy atom. The molecule has 0 bridgehead atoms. The van der Waals surface area contributed by atoms with Crippen molar-refractivity contribution in [1.29, 1.82) is 0 Å². The summed E-state index contributed by atoms with van der Waals surface area (Å²) < 4.78 is 53.9. The van der Waals surface area contributed by atoms with Gasteiger partial charge in [-0.3, -0.25) is 14.1 Å². The Balaban J connectivity index is 2.53. The maximum absolute atomic E-state index is 12.8. The highest BCUT2D eigenvalue weighted by molar-refractivity contribution is 7.85. The molecule has 1 saturated heterocycles. The SMILES string of the molecule is CCCCC/C=C/C/C=C/C/C=C/C/C=C/C/C=C/CCC(=O)O[C@H](COC(=O)CCCCC/C=C/CCCCCCCC)CO[C@H]1O[C@H](CS(=O)(=O)O)[C@@H](O)C(O)C1O. The van der Waals surface area contributed by atoms with Crippen molar-refractivity contribution < 1.29 is 56.8 Å². The summed E-state index contributed by atoms with van der Waals surface area (Å²) in [7, 11) is -4.62. The van der Waals surface area contributed by atoms with Crippen molar-refractivity contribution in [3.8, 4) is 0 Å². The molecular weight excluding hydrogens is 789 g/mol. The molecule has 1 rings (SSSR count). The van der Waals surface area contributed by atoms with Crippen LogP contribution in [0, 0.1) is 0 Å². The summed E-state index contributed by atoms with van der Waals surface area (Å²) in [6, 6.07) is 0. The van der Waals surface area contributed by atoms with Gasteiger partial charge in [0, 0.05) is 12.8 Å². The first-order valence-electron chi connectivity index (χ1n) is 22.5. The lowest BCUT2D eigenvalue weighted by Crippen LogP contribution is -2.60. The van der Waals surface area contributed by atoms with Gasteiger partial charge in [0.1, 0.15) is 36.8 Å². The van der Waals surface area contributed by atoms with Crippen LogP contribution >= 0.6 is 0 Å². The zero-order valence-corrected chi connectivity index (χ0v) is 37.3. The number of carbonyl (C=O) groups is 2. The van der Waals surface area contributed by atoms with E-state index in [9.17, 15) is 37.9 Å². The van der Waals surface area contributed by atoms with Crippen LogP contribution in [0.15, 0.2) is 72.9 Å². The molecule has 4 N–H and O–H groups in total. The van der Waals surface area contributed by atoms with E-state index < -0.39 is 71.2 Å². The molecule has 1 heterocycles. The van der Waals surface area contributed by atoms with Crippen LogP contribution in [0.3, 0.4) is 0 Å².